The first-order chi connectivity index (χ1) is 13.9. The number of amides is 5. The Kier molecular flexibility index (Phi) is 4.57. The molecule has 0 bridgehead atoms. The zero-order chi connectivity index (χ0) is 22.1. The van der Waals surface area contributed by atoms with Crippen LogP contribution in [0.1, 0.15) is 29.5 Å². The minimum Gasteiger partial charge on any atom is -0.335 e. The molecule has 30 heavy (non-hydrogen) atoms. The van der Waals surface area contributed by atoms with Crippen LogP contribution in [0.25, 0.3) is 0 Å². The molecule has 0 unspecified atom stereocenters. The van der Waals surface area contributed by atoms with Gasteiger partial charge < -0.3 is 15.5 Å². The van der Waals surface area contributed by atoms with Gasteiger partial charge in [0.1, 0.15) is 5.54 Å². The molecule has 2 fully saturated rings. The van der Waals surface area contributed by atoms with Gasteiger partial charge in [-0.05, 0) is 47.4 Å². The number of rotatable bonds is 3. The Morgan fingerprint density at radius 1 is 1.30 bits per heavy atom. The molecule has 3 N–H and O–H groups in total. The highest BCUT2D eigenvalue weighted by atomic mass is 35.5. The lowest BCUT2D eigenvalue weighted by atomic mass is 9.58. The Bertz CT molecular complexity index is 970. The second kappa shape index (κ2) is 6.57. The Hall–Kier alpha value is -2.36. The van der Waals surface area contributed by atoms with Gasteiger partial charge in [-0.1, -0.05) is 11.6 Å². The number of hydrogen-bond donors (Lipinski definition) is 3. The molecule has 13 heteroatoms. The SMILES string of the molecule is [B]C1([B])c2cc(C(F)(F)F)c(Cl)cc2CN1C(=O)NC[C@@]1(C2CC2)NC(=O)NC1=O. The summed E-state index contributed by atoms with van der Waals surface area (Å²) >= 11 is 5.74. The predicted octanol–water partition coefficient (Wildman–Crippen LogP) is 1.32. The molecule has 1 atom stereocenters. The van der Waals surface area contributed by atoms with Gasteiger partial charge in [0, 0.05) is 6.54 Å². The number of nitrogens with one attached hydrogen (secondary N) is 3. The van der Waals surface area contributed by atoms with Crippen molar-refractivity contribution in [3.05, 3.63) is 33.8 Å². The van der Waals surface area contributed by atoms with Crippen LogP contribution in [0.3, 0.4) is 0 Å². The molecule has 7 nitrogen and oxygen atoms in total. The summed E-state index contributed by atoms with van der Waals surface area (Å²) in [7, 11) is 12.0. The van der Waals surface area contributed by atoms with E-state index < -0.39 is 45.6 Å². The molecule has 1 saturated heterocycles. The van der Waals surface area contributed by atoms with Crippen molar-refractivity contribution in [3.8, 4) is 0 Å². The van der Waals surface area contributed by atoms with Crippen LogP contribution in [0.15, 0.2) is 12.1 Å². The second-order valence-electron chi connectivity index (χ2n) is 7.71. The van der Waals surface area contributed by atoms with Crippen LogP contribution in [0, 0.1) is 5.92 Å². The fourth-order valence-corrected chi connectivity index (χ4v) is 4.26. The molecule has 3 aliphatic rings. The molecule has 4 radical (unpaired) electrons. The summed E-state index contributed by atoms with van der Waals surface area (Å²) in [5.74, 6) is -0.679. The number of hydrogen-bond acceptors (Lipinski definition) is 3. The molecule has 0 aromatic heterocycles. The van der Waals surface area contributed by atoms with Gasteiger partial charge in [-0.3, -0.25) is 10.1 Å². The number of fused-ring (bicyclic) bond motifs is 1. The molecular weight excluding hydrogens is 422 g/mol. The van der Waals surface area contributed by atoms with Crippen molar-refractivity contribution in [1.82, 2.24) is 20.9 Å². The number of benzene rings is 1. The summed E-state index contributed by atoms with van der Waals surface area (Å²) in [6.07, 6.45) is -3.31. The largest absolute Gasteiger partial charge is 0.417 e. The van der Waals surface area contributed by atoms with Gasteiger partial charge in [0.25, 0.3) is 5.91 Å². The zero-order valence-corrected chi connectivity index (χ0v) is 16.2. The van der Waals surface area contributed by atoms with Gasteiger partial charge in [-0.2, -0.15) is 13.2 Å². The second-order valence-corrected chi connectivity index (χ2v) is 8.12. The van der Waals surface area contributed by atoms with Crippen LogP contribution in [-0.4, -0.2) is 50.6 Å². The summed E-state index contributed by atoms with van der Waals surface area (Å²) in [6, 6.07) is 0.366. The minimum absolute atomic E-state index is 0.0850. The van der Waals surface area contributed by atoms with Crippen molar-refractivity contribution in [3.63, 3.8) is 0 Å². The standard InChI is InChI=1S/C17H14B2ClF3N4O3/c18-16(19)9-4-10(17(21,22)23)11(20)3-7(9)5-27(16)14(30)24-6-15(8-1-2-8)12(28)25-13(29)26-15/h3-4,8H,1-2,5-6H2,(H,24,30)(H2,25,26,28,29)/t15-/m0/s1. The quantitative estimate of drug-likeness (QED) is 0.493. The van der Waals surface area contributed by atoms with Crippen molar-refractivity contribution in [1.29, 1.82) is 0 Å². The highest BCUT2D eigenvalue weighted by Crippen LogP contribution is 2.43. The van der Waals surface area contributed by atoms with E-state index in [-0.39, 0.29) is 30.1 Å². The summed E-state index contributed by atoms with van der Waals surface area (Å²) in [5, 5.41) is 4.68. The van der Waals surface area contributed by atoms with Gasteiger partial charge in [-0.15, -0.1) is 0 Å². The number of urea groups is 2. The number of alkyl halides is 3. The van der Waals surface area contributed by atoms with Crippen LogP contribution >= 0.6 is 11.6 Å². The highest BCUT2D eigenvalue weighted by Gasteiger charge is 2.56. The van der Waals surface area contributed by atoms with Gasteiger partial charge in [0.2, 0.25) is 0 Å². The zero-order valence-electron chi connectivity index (χ0n) is 15.4. The van der Waals surface area contributed by atoms with Gasteiger partial charge >= 0.3 is 18.2 Å². The van der Waals surface area contributed by atoms with Gasteiger partial charge in [0.15, 0.2) is 0 Å². The van der Waals surface area contributed by atoms with E-state index in [0.717, 1.165) is 17.0 Å². The fraction of sp³-hybridized carbons (Fsp3) is 0.471. The van der Waals surface area contributed by atoms with Gasteiger partial charge in [-0.25, -0.2) is 9.59 Å². The molecule has 154 valence electrons. The summed E-state index contributed by atoms with van der Waals surface area (Å²) in [6.45, 7) is -0.396. The van der Waals surface area contributed by atoms with Crippen molar-refractivity contribution in [2.75, 3.05) is 6.54 Å². The van der Waals surface area contributed by atoms with E-state index in [9.17, 15) is 27.6 Å². The molecule has 1 aromatic rings. The lowest BCUT2D eigenvalue weighted by Gasteiger charge is -2.35. The average molecular weight is 436 g/mol. The third-order valence-electron chi connectivity index (χ3n) is 5.71. The molecule has 0 spiro atoms. The number of carbonyl (C=O) groups is 3. The molecule has 5 amide bonds. The van der Waals surface area contributed by atoms with E-state index in [2.05, 4.69) is 16.0 Å². The third kappa shape index (κ3) is 3.21. The van der Waals surface area contributed by atoms with Crippen LogP contribution in [-0.2, 0) is 22.9 Å². The Morgan fingerprint density at radius 2 is 1.97 bits per heavy atom. The van der Waals surface area contributed by atoms with Crippen LogP contribution in [0.4, 0.5) is 22.8 Å². The lowest BCUT2D eigenvalue weighted by Crippen LogP contribution is -2.59. The molecule has 4 rings (SSSR count). The van der Waals surface area contributed by atoms with Crippen molar-refractivity contribution >= 4 is 45.3 Å². The monoisotopic (exact) mass is 436 g/mol. The summed E-state index contributed by atoms with van der Waals surface area (Å²) in [4.78, 5) is 37.6. The van der Waals surface area contributed by atoms with E-state index in [1.165, 1.54) is 0 Å². The van der Waals surface area contributed by atoms with Crippen LogP contribution < -0.4 is 16.0 Å². The number of carbonyl (C=O) groups excluding carboxylic acids is 3. The van der Waals surface area contributed by atoms with Crippen molar-refractivity contribution in [2.45, 2.75) is 36.4 Å². The molecule has 2 aliphatic heterocycles. The molecular formula is C17H14B2ClF3N4O3. The Labute approximate surface area is 176 Å². The van der Waals surface area contributed by atoms with E-state index >= 15 is 0 Å². The first-order valence-electron chi connectivity index (χ1n) is 9.03. The molecule has 2 heterocycles. The predicted molar refractivity (Wildman–Crippen MR) is 101 cm³/mol. The maximum absolute atomic E-state index is 13.2. The van der Waals surface area contributed by atoms with Crippen molar-refractivity contribution in [2.24, 2.45) is 5.92 Å². The Balaban J connectivity index is 1.55. The number of imide groups is 1. The highest BCUT2D eigenvalue weighted by molar-refractivity contribution is 6.41. The van der Waals surface area contributed by atoms with E-state index in [4.69, 9.17) is 27.3 Å². The van der Waals surface area contributed by atoms with Crippen molar-refractivity contribution < 1.29 is 27.6 Å². The first kappa shape index (κ1) is 20.9. The third-order valence-corrected chi connectivity index (χ3v) is 6.02. The fourth-order valence-electron chi connectivity index (χ4n) is 3.97. The summed E-state index contributed by atoms with van der Waals surface area (Å²) in [5.41, 5.74) is -2.20. The first-order valence-corrected chi connectivity index (χ1v) is 9.41. The maximum atomic E-state index is 13.2. The van der Waals surface area contributed by atoms with Crippen LogP contribution in [0.5, 0.6) is 0 Å². The summed E-state index contributed by atoms with van der Waals surface area (Å²) < 4.78 is 39.5. The molecule has 1 saturated carbocycles. The van der Waals surface area contributed by atoms with E-state index in [1.54, 1.807) is 0 Å². The topological polar surface area (TPSA) is 90.5 Å². The van der Waals surface area contributed by atoms with Gasteiger partial charge in [0.05, 0.1) is 32.8 Å². The maximum Gasteiger partial charge on any atom is 0.417 e. The molecule has 1 aliphatic carbocycles. The normalized spacial score (nSPS) is 25.0. The minimum atomic E-state index is -4.72. The number of nitrogens with zero attached hydrogens (tertiary/aromatic N) is 1. The smallest absolute Gasteiger partial charge is 0.335 e. The number of halogens is 4. The molecule has 1 aromatic carbocycles. The van der Waals surface area contributed by atoms with E-state index in [1.807, 2.05) is 0 Å². The van der Waals surface area contributed by atoms with Crippen LogP contribution in [0.2, 0.25) is 5.02 Å². The lowest BCUT2D eigenvalue weighted by molar-refractivity contribution is -0.137. The average Bonchev–Trinajstić information content (AvgIpc) is 3.38. The Morgan fingerprint density at radius 3 is 2.50 bits per heavy atom. The van der Waals surface area contributed by atoms with E-state index in [0.29, 0.717) is 12.8 Å².